The van der Waals surface area contributed by atoms with E-state index in [9.17, 15) is 4.79 Å². The van der Waals surface area contributed by atoms with Crippen molar-refractivity contribution in [1.29, 1.82) is 0 Å². The highest BCUT2D eigenvalue weighted by Crippen LogP contribution is 2.28. The minimum Gasteiger partial charge on any atom is -0.352 e. The molecule has 2 N–H and O–H groups in total. The molecular formula is C21H23N9O. The van der Waals surface area contributed by atoms with Crippen molar-refractivity contribution in [3.8, 4) is 22.6 Å². The van der Waals surface area contributed by atoms with Crippen molar-refractivity contribution in [2.75, 3.05) is 7.05 Å². The average molecular weight is 417 g/mol. The number of hydrogen-bond acceptors (Lipinski definition) is 7. The Bertz CT molecular complexity index is 1150. The average Bonchev–Trinajstić information content (AvgIpc) is 3.48. The molecule has 3 heterocycles. The standard InChI is InChI=1S/C21H23N9O/c1-3-4-9-18-24-20(21(31)22-2)27-30(18)13-14-10-11-17(23-12-14)15-7-5-6-8-16(15)19-25-28-29-26-19/h5-8,10-12H,3-4,9,13H2,1-2H3,(H,22,31)(H,25,26,28,29). The van der Waals surface area contributed by atoms with Crippen LogP contribution in [0.5, 0.6) is 0 Å². The Hall–Kier alpha value is -3.95. The fraction of sp³-hybridized carbons (Fsp3) is 0.286. The highest BCUT2D eigenvalue weighted by Gasteiger charge is 2.16. The van der Waals surface area contributed by atoms with E-state index in [1.165, 1.54) is 0 Å². The second-order valence-electron chi connectivity index (χ2n) is 7.02. The van der Waals surface area contributed by atoms with Gasteiger partial charge in [0, 0.05) is 30.8 Å². The monoisotopic (exact) mass is 417 g/mol. The van der Waals surface area contributed by atoms with Crippen molar-refractivity contribution in [3.63, 3.8) is 0 Å². The zero-order valence-corrected chi connectivity index (χ0v) is 17.4. The largest absolute Gasteiger partial charge is 0.352 e. The maximum atomic E-state index is 12.0. The fourth-order valence-electron chi connectivity index (χ4n) is 3.26. The quantitative estimate of drug-likeness (QED) is 0.450. The Morgan fingerprint density at radius 1 is 1.16 bits per heavy atom. The molecule has 4 rings (SSSR count). The van der Waals surface area contributed by atoms with Crippen LogP contribution in [0.1, 0.15) is 41.8 Å². The maximum Gasteiger partial charge on any atom is 0.290 e. The van der Waals surface area contributed by atoms with Gasteiger partial charge in [0.2, 0.25) is 11.6 Å². The number of aryl methyl sites for hydroxylation is 1. The van der Waals surface area contributed by atoms with Gasteiger partial charge in [-0.05, 0) is 23.3 Å². The molecule has 1 aromatic carbocycles. The summed E-state index contributed by atoms with van der Waals surface area (Å²) in [7, 11) is 1.57. The third-order valence-corrected chi connectivity index (χ3v) is 4.88. The summed E-state index contributed by atoms with van der Waals surface area (Å²) >= 11 is 0. The third-order valence-electron chi connectivity index (χ3n) is 4.88. The minimum absolute atomic E-state index is 0.187. The molecule has 0 unspecified atom stereocenters. The van der Waals surface area contributed by atoms with Gasteiger partial charge in [-0.25, -0.2) is 9.67 Å². The molecule has 0 bridgehead atoms. The van der Waals surface area contributed by atoms with Gasteiger partial charge in [0.25, 0.3) is 5.91 Å². The number of benzene rings is 1. The van der Waals surface area contributed by atoms with E-state index in [0.29, 0.717) is 12.4 Å². The van der Waals surface area contributed by atoms with Gasteiger partial charge in [0.1, 0.15) is 5.82 Å². The molecule has 0 saturated carbocycles. The molecule has 0 atom stereocenters. The van der Waals surface area contributed by atoms with Crippen LogP contribution in [0.4, 0.5) is 0 Å². The van der Waals surface area contributed by atoms with Crippen LogP contribution in [0, 0.1) is 0 Å². The Morgan fingerprint density at radius 2 is 2.00 bits per heavy atom. The maximum absolute atomic E-state index is 12.0. The number of aromatic nitrogens is 8. The van der Waals surface area contributed by atoms with Gasteiger partial charge in [-0.1, -0.05) is 43.7 Å². The summed E-state index contributed by atoms with van der Waals surface area (Å²) in [6.07, 6.45) is 4.60. The lowest BCUT2D eigenvalue weighted by Gasteiger charge is -2.08. The number of carbonyl (C=O) groups is 1. The number of carbonyl (C=O) groups excluding carboxylic acids is 1. The number of nitrogens with one attached hydrogen (secondary N) is 2. The number of nitrogens with zero attached hydrogens (tertiary/aromatic N) is 7. The summed E-state index contributed by atoms with van der Waals surface area (Å²) in [5.41, 5.74) is 3.54. The highest BCUT2D eigenvalue weighted by atomic mass is 16.2. The Labute approximate surface area is 179 Å². The SMILES string of the molecule is CCCCc1nc(C(=O)NC)nn1Cc1ccc(-c2ccccc2-c2nn[nH]n2)nc1. The molecule has 158 valence electrons. The highest BCUT2D eigenvalue weighted by molar-refractivity contribution is 5.90. The summed E-state index contributed by atoms with van der Waals surface area (Å²) in [5.74, 6) is 1.22. The smallest absolute Gasteiger partial charge is 0.290 e. The van der Waals surface area contributed by atoms with E-state index >= 15 is 0 Å². The number of tetrazole rings is 1. The van der Waals surface area contributed by atoms with Gasteiger partial charge < -0.3 is 5.32 Å². The third kappa shape index (κ3) is 4.47. The van der Waals surface area contributed by atoms with Crippen LogP contribution in [-0.2, 0) is 13.0 Å². The Balaban J connectivity index is 1.59. The lowest BCUT2D eigenvalue weighted by atomic mass is 10.0. The van der Waals surface area contributed by atoms with Crippen LogP contribution in [0.2, 0.25) is 0 Å². The topological polar surface area (TPSA) is 127 Å². The van der Waals surface area contributed by atoms with E-state index in [1.54, 1.807) is 11.7 Å². The van der Waals surface area contributed by atoms with Crippen LogP contribution in [-0.4, -0.2) is 53.3 Å². The number of rotatable bonds is 8. The number of H-pyrrole nitrogens is 1. The number of pyridine rings is 1. The molecule has 0 radical (unpaired) electrons. The van der Waals surface area contributed by atoms with Gasteiger partial charge in [-0.2, -0.15) is 5.21 Å². The van der Waals surface area contributed by atoms with Crippen LogP contribution >= 0.6 is 0 Å². The lowest BCUT2D eigenvalue weighted by molar-refractivity contribution is 0.0952. The van der Waals surface area contributed by atoms with Crippen LogP contribution in [0.25, 0.3) is 22.6 Å². The molecule has 1 amide bonds. The second kappa shape index (κ2) is 9.24. The fourth-order valence-corrected chi connectivity index (χ4v) is 3.26. The van der Waals surface area contributed by atoms with Crippen LogP contribution in [0.15, 0.2) is 42.6 Å². The zero-order chi connectivity index (χ0) is 21.6. The van der Waals surface area contributed by atoms with E-state index in [1.807, 2.05) is 42.6 Å². The lowest BCUT2D eigenvalue weighted by Crippen LogP contribution is -2.19. The zero-order valence-electron chi connectivity index (χ0n) is 17.4. The van der Waals surface area contributed by atoms with E-state index in [-0.39, 0.29) is 11.7 Å². The molecule has 0 spiro atoms. The van der Waals surface area contributed by atoms with Gasteiger partial charge in [0.05, 0.1) is 12.2 Å². The first kappa shape index (κ1) is 20.3. The Kier molecular flexibility index (Phi) is 6.06. The summed E-state index contributed by atoms with van der Waals surface area (Å²) in [6.45, 7) is 2.61. The number of aromatic amines is 1. The van der Waals surface area contributed by atoms with Crippen LogP contribution in [0.3, 0.4) is 0 Å². The molecule has 0 aliphatic heterocycles. The van der Waals surface area contributed by atoms with E-state index in [0.717, 1.165) is 47.5 Å². The molecule has 0 aliphatic rings. The molecule has 3 aromatic heterocycles. The number of unbranched alkanes of at least 4 members (excludes halogenated alkanes) is 1. The first-order chi connectivity index (χ1) is 15.2. The summed E-state index contributed by atoms with van der Waals surface area (Å²) in [5, 5.41) is 21.3. The van der Waals surface area contributed by atoms with Crippen molar-refractivity contribution in [3.05, 3.63) is 59.8 Å². The molecule has 0 fully saturated rings. The molecule has 0 aliphatic carbocycles. The molecule has 4 aromatic rings. The molecule has 10 nitrogen and oxygen atoms in total. The van der Waals surface area contributed by atoms with Crippen molar-refractivity contribution in [1.82, 2.24) is 45.7 Å². The van der Waals surface area contributed by atoms with Crippen molar-refractivity contribution in [2.24, 2.45) is 0 Å². The minimum atomic E-state index is -0.289. The molecule has 31 heavy (non-hydrogen) atoms. The summed E-state index contributed by atoms with van der Waals surface area (Å²) in [6, 6.07) is 11.7. The van der Waals surface area contributed by atoms with E-state index in [2.05, 4.69) is 47.9 Å². The van der Waals surface area contributed by atoms with Gasteiger partial charge in [-0.3, -0.25) is 9.78 Å². The van der Waals surface area contributed by atoms with Crippen molar-refractivity contribution in [2.45, 2.75) is 32.7 Å². The summed E-state index contributed by atoms with van der Waals surface area (Å²) in [4.78, 5) is 21.0. The van der Waals surface area contributed by atoms with Gasteiger partial charge >= 0.3 is 0 Å². The molecular weight excluding hydrogens is 394 g/mol. The first-order valence-corrected chi connectivity index (χ1v) is 10.1. The van der Waals surface area contributed by atoms with Crippen molar-refractivity contribution >= 4 is 5.91 Å². The number of amides is 1. The van der Waals surface area contributed by atoms with E-state index < -0.39 is 0 Å². The summed E-state index contributed by atoms with van der Waals surface area (Å²) < 4.78 is 1.78. The first-order valence-electron chi connectivity index (χ1n) is 10.1. The van der Waals surface area contributed by atoms with Gasteiger partial charge in [0.15, 0.2) is 0 Å². The van der Waals surface area contributed by atoms with Crippen molar-refractivity contribution < 1.29 is 4.79 Å². The second-order valence-corrected chi connectivity index (χ2v) is 7.02. The van der Waals surface area contributed by atoms with Gasteiger partial charge in [-0.15, -0.1) is 15.3 Å². The predicted molar refractivity (Wildman–Crippen MR) is 114 cm³/mol. The number of hydrogen-bond donors (Lipinski definition) is 2. The Morgan fingerprint density at radius 3 is 2.68 bits per heavy atom. The van der Waals surface area contributed by atoms with Crippen LogP contribution < -0.4 is 5.32 Å². The predicted octanol–water partition coefficient (Wildman–Crippen LogP) is 2.27. The van der Waals surface area contributed by atoms with E-state index in [4.69, 9.17) is 0 Å². The normalized spacial score (nSPS) is 10.9. The molecule has 10 heteroatoms. The molecule has 0 saturated heterocycles.